The van der Waals surface area contributed by atoms with Gasteiger partial charge in [-0.1, -0.05) is 50.1 Å². The second-order valence-electron chi connectivity index (χ2n) is 4.51. The van der Waals surface area contributed by atoms with E-state index in [1.165, 1.54) is 6.08 Å². The lowest BCUT2D eigenvalue weighted by atomic mass is 10.1. The van der Waals surface area contributed by atoms with Crippen LogP contribution in [0.25, 0.3) is 5.57 Å². The van der Waals surface area contributed by atoms with E-state index in [2.05, 4.69) is 44.0 Å². The predicted molar refractivity (Wildman–Crippen MR) is 95.0 cm³/mol. The van der Waals surface area contributed by atoms with Crippen molar-refractivity contribution in [3.05, 3.63) is 62.6 Å². The number of esters is 1. The molecule has 0 aromatic heterocycles. The summed E-state index contributed by atoms with van der Waals surface area (Å²) in [7, 11) is 0. The molecule has 0 aliphatic heterocycles. The van der Waals surface area contributed by atoms with Gasteiger partial charge in [-0.25, -0.2) is 4.79 Å². The van der Waals surface area contributed by atoms with E-state index >= 15 is 0 Å². The zero-order valence-electron chi connectivity index (χ0n) is 12.3. The molecule has 0 bridgehead atoms. The van der Waals surface area contributed by atoms with E-state index in [4.69, 9.17) is 4.74 Å². The van der Waals surface area contributed by atoms with Gasteiger partial charge in [-0.15, -0.1) is 0 Å². The molecule has 0 radical (unpaired) electrons. The molecule has 4 heteroatoms. The number of hydrogen-bond donors (Lipinski definition) is 0. The fraction of sp³-hybridized carbons (Fsp3) is 0.235. The summed E-state index contributed by atoms with van der Waals surface area (Å²) in [5.74, 6) is -0.309. The number of benzene rings is 1. The second-order valence-corrected chi connectivity index (χ2v) is 6.34. The third-order valence-electron chi connectivity index (χ3n) is 2.66. The maximum absolute atomic E-state index is 11.3. The number of halogens is 2. The maximum Gasteiger partial charge on any atom is 0.330 e. The van der Waals surface area contributed by atoms with Crippen molar-refractivity contribution in [3.63, 3.8) is 0 Å². The SMILES string of the molecule is CCOC(=O)C=C(C)C=CC=C(C)c1cc(Br)cc(Br)c1. The monoisotopic (exact) mass is 412 g/mol. The summed E-state index contributed by atoms with van der Waals surface area (Å²) in [5, 5.41) is 0. The van der Waals surface area contributed by atoms with E-state index in [0.717, 1.165) is 25.7 Å². The molecule has 112 valence electrons. The van der Waals surface area contributed by atoms with E-state index in [9.17, 15) is 4.79 Å². The van der Waals surface area contributed by atoms with Crippen LogP contribution in [0.15, 0.2) is 57.0 Å². The molecule has 21 heavy (non-hydrogen) atoms. The highest BCUT2D eigenvalue weighted by Crippen LogP contribution is 2.24. The average Bonchev–Trinajstić information content (AvgIpc) is 2.37. The van der Waals surface area contributed by atoms with Gasteiger partial charge in [0.15, 0.2) is 0 Å². The topological polar surface area (TPSA) is 26.3 Å². The minimum absolute atomic E-state index is 0.309. The molecular weight excluding hydrogens is 396 g/mol. The number of carbonyl (C=O) groups is 1. The van der Waals surface area contributed by atoms with Crippen LogP contribution in [-0.4, -0.2) is 12.6 Å². The van der Waals surface area contributed by atoms with E-state index in [1.54, 1.807) is 6.92 Å². The van der Waals surface area contributed by atoms with Crippen molar-refractivity contribution in [2.45, 2.75) is 20.8 Å². The highest BCUT2D eigenvalue weighted by molar-refractivity contribution is 9.11. The molecule has 0 fully saturated rings. The Balaban J connectivity index is 2.79. The normalized spacial score (nSPS) is 12.8. The fourth-order valence-corrected chi connectivity index (χ4v) is 2.93. The zero-order valence-corrected chi connectivity index (χ0v) is 15.5. The quantitative estimate of drug-likeness (QED) is 0.352. The van der Waals surface area contributed by atoms with Gasteiger partial charge in [0.1, 0.15) is 0 Å². The molecule has 0 saturated heterocycles. The van der Waals surface area contributed by atoms with Gasteiger partial charge in [0.25, 0.3) is 0 Å². The lowest BCUT2D eigenvalue weighted by Gasteiger charge is -2.03. The van der Waals surface area contributed by atoms with Crippen LogP contribution < -0.4 is 0 Å². The molecule has 1 aromatic rings. The van der Waals surface area contributed by atoms with Crippen LogP contribution in [0.2, 0.25) is 0 Å². The number of hydrogen-bond acceptors (Lipinski definition) is 2. The lowest BCUT2D eigenvalue weighted by molar-refractivity contribution is -0.137. The van der Waals surface area contributed by atoms with Crippen molar-refractivity contribution in [1.82, 2.24) is 0 Å². The molecule has 0 unspecified atom stereocenters. The van der Waals surface area contributed by atoms with Crippen LogP contribution in [0.4, 0.5) is 0 Å². The number of ether oxygens (including phenoxy) is 1. The van der Waals surface area contributed by atoms with Crippen LogP contribution in [0.3, 0.4) is 0 Å². The van der Waals surface area contributed by atoms with Gasteiger partial charge >= 0.3 is 5.97 Å². The van der Waals surface area contributed by atoms with Crippen molar-refractivity contribution in [3.8, 4) is 0 Å². The van der Waals surface area contributed by atoms with Gasteiger partial charge in [0.05, 0.1) is 6.61 Å². The first kappa shape index (κ1) is 17.9. The van der Waals surface area contributed by atoms with E-state index < -0.39 is 0 Å². The first-order chi connectivity index (χ1) is 9.92. The van der Waals surface area contributed by atoms with Crippen molar-refractivity contribution >= 4 is 43.4 Å². The predicted octanol–water partition coefficient (Wildman–Crippen LogP) is 5.68. The molecule has 0 saturated carbocycles. The van der Waals surface area contributed by atoms with Crippen molar-refractivity contribution < 1.29 is 9.53 Å². The molecule has 1 aromatic carbocycles. The first-order valence-corrected chi connectivity index (χ1v) is 8.17. The molecule has 0 aliphatic carbocycles. The summed E-state index contributed by atoms with van der Waals surface area (Å²) in [6.45, 7) is 6.09. The zero-order chi connectivity index (χ0) is 15.8. The summed E-state index contributed by atoms with van der Waals surface area (Å²) in [6.07, 6.45) is 7.30. The number of allylic oxidation sites excluding steroid dienone is 5. The lowest BCUT2D eigenvalue weighted by Crippen LogP contribution is -1.99. The second kappa shape index (κ2) is 9.00. The standard InChI is InChI=1S/C17H18Br2O2/c1-4-21-17(20)8-12(2)6-5-7-13(3)14-9-15(18)11-16(19)10-14/h5-11H,4H2,1-3H3. The van der Waals surface area contributed by atoms with Gasteiger partial charge in [-0.05, 0) is 55.7 Å². The Morgan fingerprint density at radius 1 is 1.19 bits per heavy atom. The molecule has 0 atom stereocenters. The molecule has 0 heterocycles. The number of carbonyl (C=O) groups excluding carboxylic acids is 1. The largest absolute Gasteiger partial charge is 0.463 e. The summed E-state index contributed by atoms with van der Waals surface area (Å²) < 4.78 is 6.92. The van der Waals surface area contributed by atoms with Gasteiger partial charge < -0.3 is 4.74 Å². The Hall–Kier alpha value is -1.13. The van der Waals surface area contributed by atoms with Gasteiger partial charge in [0.2, 0.25) is 0 Å². The fourth-order valence-electron chi connectivity index (χ4n) is 1.64. The van der Waals surface area contributed by atoms with Gasteiger partial charge in [-0.2, -0.15) is 0 Å². The Kier molecular flexibility index (Phi) is 7.68. The van der Waals surface area contributed by atoms with Crippen molar-refractivity contribution in [2.75, 3.05) is 6.61 Å². The minimum atomic E-state index is -0.309. The van der Waals surface area contributed by atoms with Gasteiger partial charge in [0, 0.05) is 15.0 Å². The van der Waals surface area contributed by atoms with Crippen molar-refractivity contribution in [1.29, 1.82) is 0 Å². The molecule has 0 N–H and O–H groups in total. The molecule has 0 spiro atoms. The summed E-state index contributed by atoms with van der Waals surface area (Å²) in [4.78, 5) is 11.3. The van der Waals surface area contributed by atoms with E-state index in [0.29, 0.717) is 6.61 Å². The highest BCUT2D eigenvalue weighted by atomic mass is 79.9. The Morgan fingerprint density at radius 2 is 1.81 bits per heavy atom. The molecule has 1 rings (SSSR count). The van der Waals surface area contributed by atoms with Crippen LogP contribution in [0.1, 0.15) is 26.3 Å². The Morgan fingerprint density at radius 3 is 2.38 bits per heavy atom. The highest BCUT2D eigenvalue weighted by Gasteiger charge is 1.99. The smallest absolute Gasteiger partial charge is 0.330 e. The summed E-state index contributed by atoms with van der Waals surface area (Å²) in [6, 6.07) is 6.12. The summed E-state index contributed by atoms with van der Waals surface area (Å²) in [5.41, 5.74) is 3.12. The molecular formula is C17H18Br2O2. The third kappa shape index (κ3) is 6.91. The first-order valence-electron chi connectivity index (χ1n) is 6.59. The van der Waals surface area contributed by atoms with Crippen LogP contribution >= 0.6 is 31.9 Å². The van der Waals surface area contributed by atoms with Gasteiger partial charge in [-0.3, -0.25) is 0 Å². The minimum Gasteiger partial charge on any atom is -0.463 e. The Bertz CT molecular complexity index is 579. The molecule has 0 amide bonds. The van der Waals surface area contributed by atoms with E-state index in [1.807, 2.05) is 38.1 Å². The number of rotatable bonds is 5. The Labute approximate surface area is 142 Å². The van der Waals surface area contributed by atoms with Crippen LogP contribution in [0, 0.1) is 0 Å². The average molecular weight is 414 g/mol. The molecule has 0 aliphatic rings. The molecule has 2 nitrogen and oxygen atoms in total. The maximum atomic E-state index is 11.3. The third-order valence-corrected chi connectivity index (χ3v) is 3.57. The summed E-state index contributed by atoms with van der Waals surface area (Å²) >= 11 is 6.96. The van der Waals surface area contributed by atoms with Crippen LogP contribution in [0.5, 0.6) is 0 Å². The van der Waals surface area contributed by atoms with Crippen LogP contribution in [-0.2, 0) is 9.53 Å². The van der Waals surface area contributed by atoms with Crippen molar-refractivity contribution in [2.24, 2.45) is 0 Å². The van der Waals surface area contributed by atoms with E-state index in [-0.39, 0.29) is 5.97 Å².